The maximum atomic E-state index is 13.3. The van der Waals surface area contributed by atoms with Crippen molar-refractivity contribution in [1.82, 2.24) is 8.87 Å². The van der Waals surface area contributed by atoms with Crippen molar-refractivity contribution in [2.75, 3.05) is 13.2 Å². The number of benzene rings is 2. The van der Waals surface area contributed by atoms with Crippen LogP contribution in [0.5, 0.6) is 0 Å². The molecule has 8 heteroatoms. The molecule has 2 heterocycles. The van der Waals surface area contributed by atoms with Gasteiger partial charge in [-0.2, -0.15) is 4.31 Å². The van der Waals surface area contributed by atoms with Crippen LogP contribution in [0.1, 0.15) is 18.6 Å². The Morgan fingerprint density at radius 1 is 1.11 bits per heavy atom. The zero-order valence-electron chi connectivity index (χ0n) is 15.0. The summed E-state index contributed by atoms with van der Waals surface area (Å²) >= 11 is 0. The van der Waals surface area contributed by atoms with Crippen LogP contribution < -0.4 is 5.76 Å². The highest BCUT2D eigenvalue weighted by atomic mass is 32.2. The van der Waals surface area contributed by atoms with Crippen molar-refractivity contribution in [3.05, 3.63) is 64.6 Å². The maximum Gasteiger partial charge on any atom is 0.419 e. The van der Waals surface area contributed by atoms with E-state index in [-0.39, 0.29) is 29.2 Å². The molecule has 0 bridgehead atoms. The lowest BCUT2D eigenvalue weighted by molar-refractivity contribution is -0.0288. The van der Waals surface area contributed by atoms with Crippen molar-refractivity contribution in [1.29, 1.82) is 0 Å². The van der Waals surface area contributed by atoms with E-state index in [1.165, 1.54) is 21.0 Å². The van der Waals surface area contributed by atoms with E-state index in [4.69, 9.17) is 9.15 Å². The second-order valence-electron chi connectivity index (χ2n) is 6.71. The van der Waals surface area contributed by atoms with Gasteiger partial charge in [0.05, 0.1) is 23.1 Å². The van der Waals surface area contributed by atoms with Crippen LogP contribution in [0.15, 0.2) is 62.6 Å². The molecule has 1 aliphatic rings. The van der Waals surface area contributed by atoms with Gasteiger partial charge in [0.15, 0.2) is 5.58 Å². The number of oxazole rings is 1. The van der Waals surface area contributed by atoms with Crippen LogP contribution >= 0.6 is 0 Å². The quantitative estimate of drug-likeness (QED) is 0.688. The fraction of sp³-hybridized carbons (Fsp3) is 0.316. The van der Waals surface area contributed by atoms with Crippen molar-refractivity contribution in [3.8, 4) is 0 Å². The number of morpholine rings is 1. The Morgan fingerprint density at radius 3 is 2.59 bits per heavy atom. The van der Waals surface area contributed by atoms with Crippen LogP contribution in [0, 0.1) is 0 Å². The summed E-state index contributed by atoms with van der Waals surface area (Å²) in [6.45, 7) is 2.35. The molecule has 1 aromatic heterocycles. The van der Waals surface area contributed by atoms with Crippen LogP contribution in [0.4, 0.5) is 0 Å². The van der Waals surface area contributed by atoms with Gasteiger partial charge in [0.25, 0.3) is 0 Å². The molecule has 142 valence electrons. The number of ether oxygens (including phenoxy) is 1. The lowest BCUT2D eigenvalue weighted by atomic mass is 10.1. The van der Waals surface area contributed by atoms with Crippen LogP contribution in [0.2, 0.25) is 0 Å². The molecule has 4 rings (SSSR count). The van der Waals surface area contributed by atoms with Crippen molar-refractivity contribution in [2.45, 2.75) is 24.0 Å². The maximum absolute atomic E-state index is 13.3. The zero-order valence-corrected chi connectivity index (χ0v) is 15.8. The highest BCUT2D eigenvalue weighted by Crippen LogP contribution is 2.30. The molecular formula is C19H20N2O5S. The summed E-state index contributed by atoms with van der Waals surface area (Å²) < 4.78 is 40.3. The molecule has 2 atom stereocenters. The average molecular weight is 388 g/mol. The first kappa shape index (κ1) is 18.0. The first-order valence-electron chi connectivity index (χ1n) is 8.66. The Morgan fingerprint density at radius 2 is 1.85 bits per heavy atom. The summed E-state index contributed by atoms with van der Waals surface area (Å²) in [4.78, 5) is 11.8. The fourth-order valence-electron chi connectivity index (χ4n) is 3.35. The number of hydrogen-bond donors (Lipinski definition) is 0. The molecule has 0 saturated carbocycles. The van der Waals surface area contributed by atoms with E-state index < -0.39 is 15.8 Å². The second-order valence-corrected chi connectivity index (χ2v) is 8.60. The lowest BCUT2D eigenvalue weighted by Gasteiger charge is -2.37. The van der Waals surface area contributed by atoms with Gasteiger partial charge >= 0.3 is 5.76 Å². The second kappa shape index (κ2) is 6.63. The van der Waals surface area contributed by atoms with Gasteiger partial charge in [0, 0.05) is 25.7 Å². The monoisotopic (exact) mass is 388 g/mol. The van der Waals surface area contributed by atoms with E-state index in [2.05, 4.69) is 0 Å². The predicted octanol–water partition coefficient (Wildman–Crippen LogP) is 2.28. The van der Waals surface area contributed by atoms with Crippen molar-refractivity contribution in [2.24, 2.45) is 7.05 Å². The molecule has 1 aliphatic heterocycles. The summed E-state index contributed by atoms with van der Waals surface area (Å²) in [6, 6.07) is 13.8. The summed E-state index contributed by atoms with van der Waals surface area (Å²) in [5.41, 5.74) is 1.74. The summed E-state index contributed by atoms with van der Waals surface area (Å²) in [5.74, 6) is -0.525. The molecular weight excluding hydrogens is 368 g/mol. The SMILES string of the molecule is CC1COC(c2ccccc2)CN1S(=O)(=O)c1ccc2c(c1)oc(=O)n2C. The Hall–Kier alpha value is -2.42. The standard InChI is InChI=1S/C19H20N2O5S/c1-13-12-25-18(14-6-4-3-5-7-14)11-21(13)27(23,24)15-8-9-16-17(10-15)26-19(22)20(16)2/h3-10,13,18H,11-12H2,1-2H3. The van der Waals surface area contributed by atoms with Gasteiger partial charge in [-0.3, -0.25) is 4.57 Å². The minimum absolute atomic E-state index is 0.102. The number of sulfonamides is 1. The zero-order chi connectivity index (χ0) is 19.2. The van der Waals surface area contributed by atoms with Crippen LogP contribution in [0.3, 0.4) is 0 Å². The number of rotatable bonds is 3. The van der Waals surface area contributed by atoms with E-state index in [1.807, 2.05) is 37.3 Å². The smallest absolute Gasteiger partial charge is 0.408 e. The molecule has 0 spiro atoms. The molecule has 1 saturated heterocycles. The average Bonchev–Trinajstić information content (AvgIpc) is 2.96. The van der Waals surface area contributed by atoms with Gasteiger partial charge < -0.3 is 9.15 Å². The fourth-order valence-corrected chi connectivity index (χ4v) is 4.98. The Balaban J connectivity index is 1.70. The van der Waals surface area contributed by atoms with E-state index in [0.29, 0.717) is 12.1 Å². The number of nitrogens with zero attached hydrogens (tertiary/aromatic N) is 2. The highest BCUT2D eigenvalue weighted by molar-refractivity contribution is 7.89. The first-order valence-corrected chi connectivity index (χ1v) is 10.1. The van der Waals surface area contributed by atoms with Crippen LogP contribution in [0.25, 0.3) is 11.1 Å². The third-order valence-corrected chi connectivity index (χ3v) is 6.89. The minimum Gasteiger partial charge on any atom is -0.408 e. The third kappa shape index (κ3) is 3.09. The van der Waals surface area contributed by atoms with Crippen LogP contribution in [-0.4, -0.2) is 36.5 Å². The van der Waals surface area contributed by atoms with Gasteiger partial charge in [0.2, 0.25) is 10.0 Å². The Bertz CT molecular complexity index is 1130. The van der Waals surface area contributed by atoms with Gasteiger partial charge in [-0.25, -0.2) is 13.2 Å². The molecule has 1 fully saturated rings. The van der Waals surface area contributed by atoms with Gasteiger partial charge in [-0.05, 0) is 24.6 Å². The predicted molar refractivity (Wildman–Crippen MR) is 99.9 cm³/mol. The lowest BCUT2D eigenvalue weighted by Crippen LogP contribution is -2.48. The molecule has 0 amide bonds. The van der Waals surface area contributed by atoms with E-state index in [1.54, 1.807) is 13.1 Å². The molecule has 27 heavy (non-hydrogen) atoms. The molecule has 2 unspecified atom stereocenters. The van der Waals surface area contributed by atoms with Gasteiger partial charge in [-0.15, -0.1) is 0 Å². The van der Waals surface area contributed by atoms with Gasteiger partial charge in [0.1, 0.15) is 0 Å². The molecule has 0 aliphatic carbocycles. The molecule has 0 radical (unpaired) electrons. The van der Waals surface area contributed by atoms with Crippen LogP contribution in [-0.2, 0) is 21.8 Å². The Labute approximate surface area is 156 Å². The van der Waals surface area contributed by atoms with Crippen molar-refractivity contribution in [3.63, 3.8) is 0 Å². The Kier molecular flexibility index (Phi) is 4.41. The normalized spacial score (nSPS) is 21.6. The number of aromatic nitrogens is 1. The van der Waals surface area contributed by atoms with E-state index in [9.17, 15) is 13.2 Å². The highest BCUT2D eigenvalue weighted by Gasteiger charge is 2.36. The molecule has 2 aromatic carbocycles. The third-order valence-electron chi connectivity index (χ3n) is 4.92. The van der Waals surface area contributed by atoms with Crippen molar-refractivity contribution < 1.29 is 17.6 Å². The summed E-state index contributed by atoms with van der Waals surface area (Å²) in [6.07, 6.45) is -0.324. The largest absolute Gasteiger partial charge is 0.419 e. The summed E-state index contributed by atoms with van der Waals surface area (Å²) in [7, 11) is -2.18. The molecule has 7 nitrogen and oxygen atoms in total. The number of fused-ring (bicyclic) bond motifs is 1. The van der Waals surface area contributed by atoms with E-state index in [0.717, 1.165) is 5.56 Å². The molecule has 0 N–H and O–H groups in total. The number of hydrogen-bond acceptors (Lipinski definition) is 5. The topological polar surface area (TPSA) is 81.8 Å². The molecule has 3 aromatic rings. The summed E-state index contributed by atoms with van der Waals surface area (Å²) in [5, 5.41) is 0. The van der Waals surface area contributed by atoms with E-state index >= 15 is 0 Å². The first-order chi connectivity index (χ1) is 12.9. The number of aryl methyl sites for hydroxylation is 1. The minimum atomic E-state index is -3.77. The van der Waals surface area contributed by atoms with Crippen molar-refractivity contribution >= 4 is 21.1 Å². The van der Waals surface area contributed by atoms with Gasteiger partial charge in [-0.1, -0.05) is 30.3 Å².